The average molecular weight is 340 g/mol. The zero-order valence-electron chi connectivity index (χ0n) is 15.0. The van der Waals surface area contributed by atoms with Crippen molar-refractivity contribution < 1.29 is 14.6 Å². The molecule has 0 saturated carbocycles. The third-order valence-electron chi connectivity index (χ3n) is 4.87. The summed E-state index contributed by atoms with van der Waals surface area (Å²) in [6, 6.07) is 4.91. The Bertz CT molecular complexity index is 467. The highest BCUT2D eigenvalue weighted by atomic mass is 32.1. The molecule has 5 heteroatoms. The van der Waals surface area contributed by atoms with Gasteiger partial charge in [-0.1, -0.05) is 19.9 Å². The Hall–Kier alpha value is -0.910. The number of carbonyl (C=O) groups is 1. The molecule has 2 heterocycles. The molecule has 1 aromatic heterocycles. The average Bonchev–Trinajstić information content (AvgIpc) is 3.01. The summed E-state index contributed by atoms with van der Waals surface area (Å²) in [4.78, 5) is 16.9. The van der Waals surface area contributed by atoms with Crippen LogP contribution in [-0.4, -0.2) is 44.7 Å². The molecule has 1 fully saturated rings. The lowest BCUT2D eigenvalue weighted by Crippen LogP contribution is -3.28. The molecule has 4 nitrogen and oxygen atoms in total. The molecule has 23 heavy (non-hydrogen) atoms. The number of carbonyl (C=O) groups excluding carboxylic acids is 1. The number of quaternary nitrogens is 2. The van der Waals surface area contributed by atoms with E-state index in [2.05, 4.69) is 50.5 Å². The van der Waals surface area contributed by atoms with E-state index in [1.54, 1.807) is 9.80 Å². The fraction of sp³-hybridized carbons (Fsp3) is 0.722. The molecule has 0 radical (unpaired) electrons. The molecule has 3 N–H and O–H groups in total. The monoisotopic (exact) mass is 339 g/mol. The van der Waals surface area contributed by atoms with E-state index >= 15 is 0 Å². The number of hydrogen-bond acceptors (Lipinski definition) is 2. The molecule has 0 aromatic carbocycles. The van der Waals surface area contributed by atoms with Crippen molar-refractivity contribution in [1.82, 2.24) is 5.32 Å². The minimum Gasteiger partial charge on any atom is -0.347 e. The number of amides is 1. The number of thiophene rings is 1. The SMILES string of the molecule is CC[NH+]1CC[NH+](C(c2cccs2)C(C)NC(=O)CC(C)C)CC1. The smallest absolute Gasteiger partial charge is 0.220 e. The van der Waals surface area contributed by atoms with Gasteiger partial charge >= 0.3 is 0 Å². The van der Waals surface area contributed by atoms with Crippen molar-refractivity contribution in [3.8, 4) is 0 Å². The Kier molecular flexibility index (Phi) is 7.06. The van der Waals surface area contributed by atoms with E-state index in [1.165, 1.54) is 37.6 Å². The lowest BCUT2D eigenvalue weighted by molar-refractivity contribution is -1.03. The van der Waals surface area contributed by atoms with Gasteiger partial charge in [0.15, 0.2) is 0 Å². The maximum atomic E-state index is 12.2. The summed E-state index contributed by atoms with van der Waals surface area (Å²) in [6.07, 6.45) is 0.616. The lowest BCUT2D eigenvalue weighted by Gasteiger charge is -2.36. The molecule has 2 unspecified atom stereocenters. The van der Waals surface area contributed by atoms with E-state index in [-0.39, 0.29) is 11.9 Å². The van der Waals surface area contributed by atoms with Crippen molar-refractivity contribution in [2.45, 2.75) is 46.2 Å². The van der Waals surface area contributed by atoms with Gasteiger partial charge in [-0.3, -0.25) is 4.79 Å². The first-order valence-electron chi connectivity index (χ1n) is 9.02. The highest BCUT2D eigenvalue weighted by molar-refractivity contribution is 7.10. The van der Waals surface area contributed by atoms with Crippen molar-refractivity contribution in [3.05, 3.63) is 22.4 Å². The zero-order valence-corrected chi connectivity index (χ0v) is 15.8. The van der Waals surface area contributed by atoms with Crippen LogP contribution in [0.1, 0.15) is 45.0 Å². The molecule has 2 atom stereocenters. The number of hydrogen-bond donors (Lipinski definition) is 3. The number of piperazine rings is 1. The Balaban J connectivity index is 2.04. The molecule has 1 aromatic rings. The Morgan fingerprint density at radius 1 is 1.26 bits per heavy atom. The summed E-state index contributed by atoms with van der Waals surface area (Å²) >= 11 is 1.82. The van der Waals surface area contributed by atoms with Crippen LogP contribution in [-0.2, 0) is 4.79 Å². The van der Waals surface area contributed by atoms with Crippen molar-refractivity contribution in [1.29, 1.82) is 0 Å². The molecule has 1 aliphatic rings. The van der Waals surface area contributed by atoms with Gasteiger partial charge in [-0.15, -0.1) is 11.3 Å². The van der Waals surface area contributed by atoms with Crippen molar-refractivity contribution in [3.63, 3.8) is 0 Å². The van der Waals surface area contributed by atoms with Crippen molar-refractivity contribution in [2.24, 2.45) is 5.92 Å². The summed E-state index contributed by atoms with van der Waals surface area (Å²) in [6.45, 7) is 14.7. The molecule has 0 spiro atoms. The van der Waals surface area contributed by atoms with Crippen LogP contribution in [0.3, 0.4) is 0 Å². The second-order valence-corrected chi connectivity index (χ2v) is 8.19. The van der Waals surface area contributed by atoms with Gasteiger partial charge in [0.25, 0.3) is 0 Å². The van der Waals surface area contributed by atoms with Crippen LogP contribution in [0.15, 0.2) is 17.5 Å². The van der Waals surface area contributed by atoms with Gasteiger partial charge in [0.05, 0.1) is 17.5 Å². The fourth-order valence-corrected chi connectivity index (χ4v) is 4.61. The molecule has 1 saturated heterocycles. The Labute approximate surface area is 144 Å². The Morgan fingerprint density at radius 3 is 2.48 bits per heavy atom. The van der Waals surface area contributed by atoms with Crippen LogP contribution >= 0.6 is 11.3 Å². The maximum Gasteiger partial charge on any atom is 0.220 e. The second-order valence-electron chi connectivity index (χ2n) is 7.21. The van der Waals surface area contributed by atoms with Crippen molar-refractivity contribution >= 4 is 17.2 Å². The molecule has 0 aliphatic carbocycles. The van der Waals surface area contributed by atoms with Crippen molar-refractivity contribution in [2.75, 3.05) is 32.7 Å². The molecule has 1 amide bonds. The minimum absolute atomic E-state index is 0.179. The van der Waals surface area contributed by atoms with E-state index in [0.29, 0.717) is 18.4 Å². The maximum absolute atomic E-state index is 12.2. The van der Waals surface area contributed by atoms with Gasteiger partial charge in [0, 0.05) is 6.42 Å². The molecule has 1 aliphatic heterocycles. The van der Waals surface area contributed by atoms with E-state index in [4.69, 9.17) is 0 Å². The highest BCUT2D eigenvalue weighted by Crippen LogP contribution is 2.20. The summed E-state index contributed by atoms with van der Waals surface area (Å²) in [5.74, 6) is 0.595. The normalized spacial score (nSPS) is 24.4. The lowest BCUT2D eigenvalue weighted by atomic mass is 10.0. The van der Waals surface area contributed by atoms with Crippen LogP contribution in [0, 0.1) is 5.92 Å². The van der Waals surface area contributed by atoms with E-state index in [0.717, 1.165) is 0 Å². The van der Waals surface area contributed by atoms with Crippen LogP contribution in [0.5, 0.6) is 0 Å². The summed E-state index contributed by atoms with van der Waals surface area (Å²) in [5.41, 5.74) is 0. The summed E-state index contributed by atoms with van der Waals surface area (Å²) in [7, 11) is 0. The minimum atomic E-state index is 0.179. The Morgan fingerprint density at radius 2 is 1.96 bits per heavy atom. The first-order valence-corrected chi connectivity index (χ1v) is 9.90. The van der Waals surface area contributed by atoms with Crippen LogP contribution in [0.2, 0.25) is 0 Å². The zero-order chi connectivity index (χ0) is 16.8. The van der Waals surface area contributed by atoms with E-state index < -0.39 is 0 Å². The third kappa shape index (κ3) is 5.30. The predicted octanol–water partition coefficient (Wildman–Crippen LogP) is 0.143. The van der Waals surface area contributed by atoms with Crippen LogP contribution in [0.4, 0.5) is 0 Å². The molecule has 130 valence electrons. The molecule has 0 bridgehead atoms. The topological polar surface area (TPSA) is 38.0 Å². The standard InChI is InChI=1S/C18H31N3OS/c1-5-20-8-10-21(11-9-20)18(16-7-6-12-23-16)15(4)19-17(22)13-14(2)3/h6-7,12,14-15,18H,5,8-11,13H2,1-4H3,(H,19,22)/p+2. The van der Waals surface area contributed by atoms with Gasteiger partial charge < -0.3 is 15.1 Å². The van der Waals surface area contributed by atoms with Gasteiger partial charge in [-0.25, -0.2) is 0 Å². The van der Waals surface area contributed by atoms with Gasteiger partial charge in [0.1, 0.15) is 32.2 Å². The molecular weight excluding hydrogens is 306 g/mol. The predicted molar refractivity (Wildman–Crippen MR) is 96.1 cm³/mol. The first kappa shape index (κ1) is 18.4. The second kappa shape index (κ2) is 8.81. The van der Waals surface area contributed by atoms with Crippen LogP contribution in [0.25, 0.3) is 0 Å². The van der Waals surface area contributed by atoms with E-state index in [1.807, 2.05) is 11.3 Å². The van der Waals surface area contributed by atoms with Gasteiger partial charge in [-0.2, -0.15) is 0 Å². The van der Waals surface area contributed by atoms with Gasteiger partial charge in [-0.05, 0) is 31.2 Å². The fourth-order valence-electron chi connectivity index (χ4n) is 3.63. The first-order chi connectivity index (χ1) is 11.0. The highest BCUT2D eigenvalue weighted by Gasteiger charge is 2.35. The third-order valence-corrected chi connectivity index (χ3v) is 5.83. The number of rotatable bonds is 7. The molecular formula is C18H33N3OS+2. The number of likely N-dealkylation sites (N-methyl/N-ethyl adjacent to an activating group) is 1. The summed E-state index contributed by atoms with van der Waals surface area (Å²) < 4.78 is 0. The molecule has 2 rings (SSSR count). The van der Waals surface area contributed by atoms with Gasteiger partial charge in [0.2, 0.25) is 5.91 Å². The van der Waals surface area contributed by atoms with E-state index in [9.17, 15) is 4.79 Å². The quantitative estimate of drug-likeness (QED) is 0.650. The number of nitrogens with one attached hydrogen (secondary N) is 3. The van der Waals surface area contributed by atoms with Crippen LogP contribution < -0.4 is 15.1 Å². The largest absolute Gasteiger partial charge is 0.347 e. The summed E-state index contributed by atoms with van der Waals surface area (Å²) in [5, 5.41) is 5.41.